The molecule has 1 N–H and O–H groups in total. The first-order valence-corrected chi connectivity index (χ1v) is 6.61. The normalized spacial score (nSPS) is 10.5. The maximum Gasteiger partial charge on any atom is 0.222 e. The Morgan fingerprint density at radius 3 is 2.72 bits per heavy atom. The Hall–Kier alpha value is -1.22. The standard InChI is InChI=1S/C14H20ClNO2/c1-4-18-13-6-5-11(9-12(13)15)7-8-16-14(17)10(2)3/h5-6,9-10H,4,7-8H2,1-3H3,(H,16,17). The molecule has 18 heavy (non-hydrogen) atoms. The Bertz CT molecular complexity index is 405. The number of carbonyl (C=O) groups is 1. The second-order valence-corrected chi connectivity index (χ2v) is 4.80. The molecule has 1 rings (SSSR count). The molecule has 0 atom stereocenters. The van der Waals surface area contributed by atoms with Crippen LogP contribution in [-0.4, -0.2) is 19.1 Å². The number of halogens is 1. The van der Waals surface area contributed by atoms with Gasteiger partial charge < -0.3 is 10.1 Å². The Labute approximate surface area is 113 Å². The molecular weight excluding hydrogens is 250 g/mol. The molecule has 0 aliphatic rings. The maximum absolute atomic E-state index is 11.4. The van der Waals surface area contributed by atoms with Gasteiger partial charge in [0, 0.05) is 12.5 Å². The van der Waals surface area contributed by atoms with E-state index >= 15 is 0 Å². The van der Waals surface area contributed by atoms with Crippen LogP contribution in [0.15, 0.2) is 18.2 Å². The third-order valence-corrected chi connectivity index (χ3v) is 2.83. The molecule has 1 aromatic rings. The summed E-state index contributed by atoms with van der Waals surface area (Å²) in [6, 6.07) is 5.72. The van der Waals surface area contributed by atoms with Gasteiger partial charge in [0.1, 0.15) is 5.75 Å². The van der Waals surface area contributed by atoms with Gasteiger partial charge in [0.15, 0.2) is 0 Å². The van der Waals surface area contributed by atoms with E-state index in [4.69, 9.17) is 16.3 Å². The summed E-state index contributed by atoms with van der Waals surface area (Å²) in [6.45, 7) is 6.91. The van der Waals surface area contributed by atoms with Crippen molar-refractivity contribution >= 4 is 17.5 Å². The highest BCUT2D eigenvalue weighted by atomic mass is 35.5. The van der Waals surface area contributed by atoms with Gasteiger partial charge in [0.05, 0.1) is 11.6 Å². The van der Waals surface area contributed by atoms with Crippen LogP contribution in [0.25, 0.3) is 0 Å². The van der Waals surface area contributed by atoms with Crippen molar-refractivity contribution < 1.29 is 9.53 Å². The zero-order valence-corrected chi connectivity index (χ0v) is 11.9. The fourth-order valence-corrected chi connectivity index (χ4v) is 1.76. The van der Waals surface area contributed by atoms with Crippen LogP contribution < -0.4 is 10.1 Å². The molecule has 1 aromatic carbocycles. The fourth-order valence-electron chi connectivity index (χ4n) is 1.51. The molecule has 0 fully saturated rings. The molecule has 0 saturated carbocycles. The van der Waals surface area contributed by atoms with Gasteiger partial charge in [0.2, 0.25) is 5.91 Å². The van der Waals surface area contributed by atoms with Gasteiger partial charge in [-0.1, -0.05) is 31.5 Å². The van der Waals surface area contributed by atoms with Gasteiger partial charge in [-0.2, -0.15) is 0 Å². The first kappa shape index (κ1) is 14.8. The molecule has 0 spiro atoms. The zero-order chi connectivity index (χ0) is 13.5. The number of ether oxygens (including phenoxy) is 1. The highest BCUT2D eigenvalue weighted by Gasteiger charge is 2.06. The van der Waals surface area contributed by atoms with Gasteiger partial charge in [-0.05, 0) is 31.0 Å². The predicted molar refractivity (Wildman–Crippen MR) is 74.2 cm³/mol. The quantitative estimate of drug-likeness (QED) is 0.862. The summed E-state index contributed by atoms with van der Waals surface area (Å²) in [5.41, 5.74) is 1.09. The summed E-state index contributed by atoms with van der Waals surface area (Å²) >= 11 is 6.09. The fraction of sp³-hybridized carbons (Fsp3) is 0.500. The molecule has 1 amide bonds. The van der Waals surface area contributed by atoms with Gasteiger partial charge in [0.25, 0.3) is 0 Å². The first-order chi connectivity index (χ1) is 8.54. The molecule has 0 aliphatic heterocycles. The summed E-state index contributed by atoms with van der Waals surface area (Å²) in [6.07, 6.45) is 0.768. The van der Waals surface area contributed by atoms with E-state index in [2.05, 4.69) is 5.32 Å². The molecule has 0 bridgehead atoms. The number of amides is 1. The molecule has 0 saturated heterocycles. The van der Waals surface area contributed by atoms with Crippen molar-refractivity contribution in [3.05, 3.63) is 28.8 Å². The van der Waals surface area contributed by atoms with Gasteiger partial charge >= 0.3 is 0 Å². The van der Waals surface area contributed by atoms with Gasteiger partial charge in [-0.3, -0.25) is 4.79 Å². The van der Waals surface area contributed by atoms with Crippen molar-refractivity contribution in [2.75, 3.05) is 13.2 Å². The summed E-state index contributed by atoms with van der Waals surface area (Å²) in [4.78, 5) is 11.4. The molecule has 0 unspecified atom stereocenters. The number of benzene rings is 1. The van der Waals surface area contributed by atoms with Crippen LogP contribution in [0.1, 0.15) is 26.3 Å². The molecule has 100 valence electrons. The van der Waals surface area contributed by atoms with Crippen molar-refractivity contribution in [3.63, 3.8) is 0 Å². The van der Waals surface area contributed by atoms with Crippen LogP contribution in [0.3, 0.4) is 0 Å². The lowest BCUT2D eigenvalue weighted by atomic mass is 10.1. The van der Waals surface area contributed by atoms with Crippen LogP contribution in [0.4, 0.5) is 0 Å². The average Bonchev–Trinajstić information content (AvgIpc) is 2.32. The smallest absolute Gasteiger partial charge is 0.222 e. The van der Waals surface area contributed by atoms with E-state index in [1.807, 2.05) is 39.0 Å². The van der Waals surface area contributed by atoms with E-state index in [0.717, 1.165) is 12.0 Å². The van der Waals surface area contributed by atoms with Crippen LogP contribution in [0, 0.1) is 5.92 Å². The molecule has 0 aromatic heterocycles. The first-order valence-electron chi connectivity index (χ1n) is 6.23. The molecule has 4 heteroatoms. The third-order valence-electron chi connectivity index (χ3n) is 2.53. The van der Waals surface area contributed by atoms with Crippen LogP contribution in [-0.2, 0) is 11.2 Å². The molecule has 0 radical (unpaired) electrons. The summed E-state index contributed by atoms with van der Waals surface area (Å²) in [5, 5.41) is 3.49. The monoisotopic (exact) mass is 269 g/mol. The number of hydrogen-bond donors (Lipinski definition) is 1. The second-order valence-electron chi connectivity index (χ2n) is 4.39. The van der Waals surface area contributed by atoms with Crippen molar-refractivity contribution in [2.24, 2.45) is 5.92 Å². The van der Waals surface area contributed by atoms with E-state index in [-0.39, 0.29) is 11.8 Å². The topological polar surface area (TPSA) is 38.3 Å². The minimum absolute atomic E-state index is 0.0221. The van der Waals surface area contributed by atoms with E-state index in [9.17, 15) is 4.79 Å². The second kappa shape index (κ2) is 7.27. The Kier molecular flexibility index (Phi) is 5.99. The summed E-state index contributed by atoms with van der Waals surface area (Å²) in [5.74, 6) is 0.801. The zero-order valence-electron chi connectivity index (χ0n) is 11.1. The van der Waals surface area contributed by atoms with E-state index in [1.54, 1.807) is 0 Å². The maximum atomic E-state index is 11.4. The predicted octanol–water partition coefficient (Wildman–Crippen LogP) is 3.05. The number of nitrogens with one attached hydrogen (secondary N) is 1. The molecular formula is C14H20ClNO2. The highest BCUT2D eigenvalue weighted by molar-refractivity contribution is 6.32. The van der Waals surface area contributed by atoms with Crippen LogP contribution in [0.2, 0.25) is 5.02 Å². The largest absolute Gasteiger partial charge is 0.492 e. The van der Waals surface area contributed by atoms with Crippen LogP contribution in [0.5, 0.6) is 5.75 Å². The van der Waals surface area contributed by atoms with E-state index < -0.39 is 0 Å². The summed E-state index contributed by atoms with van der Waals surface area (Å²) < 4.78 is 5.36. The number of hydrogen-bond acceptors (Lipinski definition) is 2. The lowest BCUT2D eigenvalue weighted by Crippen LogP contribution is -2.29. The Morgan fingerprint density at radius 1 is 1.44 bits per heavy atom. The lowest BCUT2D eigenvalue weighted by Gasteiger charge is -2.09. The summed E-state index contributed by atoms with van der Waals surface area (Å²) in [7, 11) is 0. The molecule has 0 aliphatic carbocycles. The highest BCUT2D eigenvalue weighted by Crippen LogP contribution is 2.25. The van der Waals surface area contributed by atoms with E-state index in [0.29, 0.717) is 23.9 Å². The van der Waals surface area contributed by atoms with Crippen molar-refractivity contribution in [1.82, 2.24) is 5.32 Å². The van der Waals surface area contributed by atoms with Gasteiger partial charge in [-0.25, -0.2) is 0 Å². The molecule has 0 heterocycles. The lowest BCUT2D eigenvalue weighted by molar-refractivity contribution is -0.123. The van der Waals surface area contributed by atoms with Gasteiger partial charge in [-0.15, -0.1) is 0 Å². The number of carbonyl (C=O) groups excluding carboxylic acids is 1. The van der Waals surface area contributed by atoms with Crippen molar-refractivity contribution in [3.8, 4) is 5.75 Å². The van der Waals surface area contributed by atoms with Crippen molar-refractivity contribution in [1.29, 1.82) is 0 Å². The average molecular weight is 270 g/mol. The van der Waals surface area contributed by atoms with Crippen LogP contribution >= 0.6 is 11.6 Å². The minimum atomic E-state index is 0.0221. The molecule has 3 nitrogen and oxygen atoms in total. The Balaban J connectivity index is 2.48. The number of rotatable bonds is 6. The Morgan fingerprint density at radius 2 is 2.17 bits per heavy atom. The minimum Gasteiger partial charge on any atom is -0.492 e. The van der Waals surface area contributed by atoms with Crippen molar-refractivity contribution in [2.45, 2.75) is 27.2 Å². The third kappa shape index (κ3) is 4.57. The SMILES string of the molecule is CCOc1ccc(CCNC(=O)C(C)C)cc1Cl. The van der Waals surface area contributed by atoms with E-state index in [1.165, 1.54) is 0 Å².